The van der Waals surface area contributed by atoms with Gasteiger partial charge >= 0.3 is 0 Å². The molecule has 0 amide bonds. The van der Waals surface area contributed by atoms with Gasteiger partial charge in [0, 0.05) is 17.8 Å². The fourth-order valence-electron chi connectivity index (χ4n) is 3.26. The predicted octanol–water partition coefficient (Wildman–Crippen LogP) is 4.84. The van der Waals surface area contributed by atoms with Gasteiger partial charge in [-0.2, -0.15) is 0 Å². The highest BCUT2D eigenvalue weighted by atomic mass is 14.4. The van der Waals surface area contributed by atoms with Gasteiger partial charge < -0.3 is 0 Å². The van der Waals surface area contributed by atoms with Crippen LogP contribution in [0.4, 0.5) is 0 Å². The maximum absolute atomic E-state index is 2.30. The molecule has 1 unspecified atom stereocenters. The molecule has 0 aromatic heterocycles. The van der Waals surface area contributed by atoms with Crippen molar-refractivity contribution in [3.63, 3.8) is 0 Å². The van der Waals surface area contributed by atoms with Gasteiger partial charge in [-0.25, -0.2) is 0 Å². The zero-order chi connectivity index (χ0) is 13.4. The van der Waals surface area contributed by atoms with Crippen molar-refractivity contribution in [1.29, 1.82) is 0 Å². The number of fused-ring (bicyclic) bond motifs is 2. The molecule has 4 rings (SSSR count). The lowest BCUT2D eigenvalue weighted by molar-refractivity contribution is 0.764. The second kappa shape index (κ2) is 4.79. The van der Waals surface area contributed by atoms with Crippen LogP contribution < -0.4 is 0 Å². The average molecular weight is 256 g/mol. The molecule has 3 aliphatic rings. The molecular formula is C20H16. The van der Waals surface area contributed by atoms with E-state index < -0.39 is 0 Å². The maximum Gasteiger partial charge on any atom is 0.0211 e. The molecule has 0 nitrogen and oxygen atoms in total. The van der Waals surface area contributed by atoms with Gasteiger partial charge in [0.1, 0.15) is 0 Å². The lowest BCUT2D eigenvalue weighted by atomic mass is 9.68. The highest BCUT2D eigenvalue weighted by Crippen LogP contribution is 2.45. The Kier molecular flexibility index (Phi) is 2.81. The number of benzene rings is 1. The standard InChI is InChI=1S/C20H16/c1-3-11-17-15(7-1)9-5-13-19(17)20-14-6-10-16-8-2-4-12-18(16)20/h1-13,17H,14H2. The van der Waals surface area contributed by atoms with E-state index in [1.165, 1.54) is 28.5 Å². The quantitative estimate of drug-likeness (QED) is 0.674. The summed E-state index contributed by atoms with van der Waals surface area (Å²) in [5.74, 6) is 3.33. The Bertz CT molecular complexity index is 667. The Morgan fingerprint density at radius 2 is 1.85 bits per heavy atom. The monoisotopic (exact) mass is 256 g/mol. The van der Waals surface area contributed by atoms with Gasteiger partial charge in [-0.15, -0.1) is 0 Å². The molecule has 0 heterocycles. The zero-order valence-corrected chi connectivity index (χ0v) is 11.3. The van der Waals surface area contributed by atoms with Gasteiger partial charge in [-0.05, 0) is 23.1 Å². The van der Waals surface area contributed by atoms with E-state index in [2.05, 4.69) is 78.9 Å². The minimum absolute atomic E-state index is 0.416. The molecular weight excluding hydrogens is 240 g/mol. The van der Waals surface area contributed by atoms with Crippen LogP contribution in [0.25, 0.3) is 6.08 Å². The molecule has 3 aliphatic carbocycles. The van der Waals surface area contributed by atoms with E-state index in [9.17, 15) is 0 Å². The summed E-state index contributed by atoms with van der Waals surface area (Å²) in [6.07, 6.45) is 21.0. The fraction of sp³-hybridized carbons (Fsp3) is 0.100. The Morgan fingerprint density at radius 1 is 0.900 bits per heavy atom. The topological polar surface area (TPSA) is 0 Å². The number of hydrogen-bond acceptors (Lipinski definition) is 0. The van der Waals surface area contributed by atoms with E-state index in [0.717, 1.165) is 6.42 Å². The molecule has 20 heavy (non-hydrogen) atoms. The van der Waals surface area contributed by atoms with Crippen molar-refractivity contribution in [2.75, 3.05) is 0 Å². The first-order valence-electron chi connectivity index (χ1n) is 7.15. The Morgan fingerprint density at radius 3 is 2.85 bits per heavy atom. The summed E-state index contributed by atoms with van der Waals surface area (Å²) in [5.41, 5.74) is 4.12. The normalized spacial score (nSPS) is 24.4. The highest BCUT2D eigenvalue weighted by molar-refractivity contribution is 5.67. The lowest BCUT2D eigenvalue weighted by Gasteiger charge is -2.34. The summed E-state index contributed by atoms with van der Waals surface area (Å²) in [5, 5.41) is 0. The summed E-state index contributed by atoms with van der Waals surface area (Å²) in [6.45, 7) is 0. The molecule has 0 fully saturated rings. The molecule has 0 saturated heterocycles. The van der Waals surface area contributed by atoms with E-state index in [4.69, 9.17) is 0 Å². The fourth-order valence-corrected chi connectivity index (χ4v) is 3.26. The van der Waals surface area contributed by atoms with Crippen LogP contribution in [0.2, 0.25) is 0 Å². The van der Waals surface area contributed by atoms with Crippen LogP contribution in [0.1, 0.15) is 17.5 Å². The summed E-state index contributed by atoms with van der Waals surface area (Å²) in [4.78, 5) is 0. The predicted molar refractivity (Wildman–Crippen MR) is 84.7 cm³/mol. The van der Waals surface area contributed by atoms with E-state index >= 15 is 0 Å². The molecule has 0 aliphatic heterocycles. The van der Waals surface area contributed by atoms with Crippen LogP contribution in [0, 0.1) is 17.8 Å². The molecule has 0 spiro atoms. The molecule has 1 aromatic carbocycles. The third-order valence-electron chi connectivity index (χ3n) is 4.22. The summed E-state index contributed by atoms with van der Waals surface area (Å²) >= 11 is 0. The molecule has 0 N–H and O–H groups in total. The molecule has 2 radical (unpaired) electrons. The van der Waals surface area contributed by atoms with Crippen LogP contribution in [0.5, 0.6) is 0 Å². The van der Waals surface area contributed by atoms with Gasteiger partial charge in [-0.1, -0.05) is 78.9 Å². The smallest absolute Gasteiger partial charge is 0.0211 e. The Balaban J connectivity index is 1.74. The van der Waals surface area contributed by atoms with E-state index in [1.807, 2.05) is 0 Å². The van der Waals surface area contributed by atoms with Crippen molar-refractivity contribution in [2.45, 2.75) is 6.42 Å². The SMILES string of the molecule is C1=C[C]([C]2CC=Cc3ccccc32)C2C=CC=CC2=C1. The van der Waals surface area contributed by atoms with Crippen LogP contribution in [0.3, 0.4) is 0 Å². The number of hydrogen-bond donors (Lipinski definition) is 0. The van der Waals surface area contributed by atoms with Gasteiger partial charge in [0.2, 0.25) is 0 Å². The molecule has 0 heteroatoms. The van der Waals surface area contributed by atoms with Gasteiger partial charge in [0.05, 0.1) is 0 Å². The molecule has 1 atom stereocenters. The van der Waals surface area contributed by atoms with Crippen LogP contribution in [0.15, 0.2) is 78.4 Å². The van der Waals surface area contributed by atoms with E-state index in [0.29, 0.717) is 5.92 Å². The summed E-state index contributed by atoms with van der Waals surface area (Å²) in [6, 6.07) is 8.70. The van der Waals surface area contributed by atoms with Gasteiger partial charge in [0.25, 0.3) is 0 Å². The zero-order valence-electron chi connectivity index (χ0n) is 11.3. The minimum atomic E-state index is 0.416. The van der Waals surface area contributed by atoms with Crippen molar-refractivity contribution in [3.05, 3.63) is 101 Å². The van der Waals surface area contributed by atoms with Gasteiger partial charge in [0.15, 0.2) is 0 Å². The molecule has 0 bridgehead atoms. The second-order valence-corrected chi connectivity index (χ2v) is 5.38. The molecule has 96 valence electrons. The largest absolute Gasteiger partial charge is 0.0830 e. The van der Waals surface area contributed by atoms with Crippen molar-refractivity contribution in [3.8, 4) is 0 Å². The first-order valence-corrected chi connectivity index (χ1v) is 7.15. The summed E-state index contributed by atoms with van der Waals surface area (Å²) < 4.78 is 0. The number of rotatable bonds is 1. The summed E-state index contributed by atoms with van der Waals surface area (Å²) in [7, 11) is 0. The van der Waals surface area contributed by atoms with Crippen molar-refractivity contribution >= 4 is 6.08 Å². The highest BCUT2D eigenvalue weighted by Gasteiger charge is 2.33. The van der Waals surface area contributed by atoms with Crippen LogP contribution in [-0.2, 0) is 0 Å². The van der Waals surface area contributed by atoms with Crippen molar-refractivity contribution in [1.82, 2.24) is 0 Å². The minimum Gasteiger partial charge on any atom is -0.0830 e. The van der Waals surface area contributed by atoms with E-state index in [1.54, 1.807) is 0 Å². The third kappa shape index (κ3) is 1.84. The van der Waals surface area contributed by atoms with Gasteiger partial charge in [-0.3, -0.25) is 0 Å². The third-order valence-corrected chi connectivity index (χ3v) is 4.22. The molecule has 0 saturated carbocycles. The van der Waals surface area contributed by atoms with Crippen molar-refractivity contribution < 1.29 is 0 Å². The first-order chi connectivity index (χ1) is 9.93. The second-order valence-electron chi connectivity index (χ2n) is 5.38. The molecule has 1 aromatic rings. The lowest BCUT2D eigenvalue weighted by Crippen LogP contribution is -2.23. The number of allylic oxidation sites excluding steroid dienone is 9. The Labute approximate surface area is 120 Å². The van der Waals surface area contributed by atoms with Crippen molar-refractivity contribution in [2.24, 2.45) is 5.92 Å². The maximum atomic E-state index is 2.30. The Hall–Kier alpha value is -2.08. The van der Waals surface area contributed by atoms with Crippen LogP contribution >= 0.6 is 0 Å². The average Bonchev–Trinajstić information content (AvgIpc) is 2.54. The first kappa shape index (κ1) is 11.7. The van der Waals surface area contributed by atoms with Crippen LogP contribution in [-0.4, -0.2) is 0 Å². The van der Waals surface area contributed by atoms with E-state index in [-0.39, 0.29) is 0 Å².